The summed E-state index contributed by atoms with van der Waals surface area (Å²) in [5, 5.41) is 3.05. The Kier molecular flexibility index (Phi) is 3.55. The molecule has 17 heavy (non-hydrogen) atoms. The zero-order chi connectivity index (χ0) is 12.3. The Morgan fingerprint density at radius 2 is 2.18 bits per heavy atom. The second-order valence-electron chi connectivity index (χ2n) is 5.56. The summed E-state index contributed by atoms with van der Waals surface area (Å²) in [7, 11) is 0. The maximum atomic E-state index is 11.9. The van der Waals surface area contributed by atoms with Crippen molar-refractivity contribution in [2.24, 2.45) is 5.92 Å². The van der Waals surface area contributed by atoms with Gasteiger partial charge in [0, 0.05) is 17.9 Å². The second kappa shape index (κ2) is 4.94. The lowest BCUT2D eigenvalue weighted by atomic mass is 9.90. The summed E-state index contributed by atoms with van der Waals surface area (Å²) in [5.41, 5.74) is -0.141. The molecule has 0 saturated heterocycles. The minimum absolute atomic E-state index is 0.141. The van der Waals surface area contributed by atoms with E-state index in [2.05, 4.69) is 19.2 Å². The summed E-state index contributed by atoms with van der Waals surface area (Å²) in [6, 6.07) is 3.84. The summed E-state index contributed by atoms with van der Waals surface area (Å²) >= 11 is 0. The molecular weight excluding hydrogens is 214 g/mol. The van der Waals surface area contributed by atoms with Crippen LogP contribution in [0.1, 0.15) is 45.3 Å². The Morgan fingerprint density at radius 3 is 2.76 bits per heavy atom. The molecular formula is C14H21NO2. The van der Waals surface area contributed by atoms with Crippen molar-refractivity contribution in [3.8, 4) is 0 Å². The first-order chi connectivity index (χ1) is 8.09. The van der Waals surface area contributed by atoms with Gasteiger partial charge in [0.2, 0.25) is 5.91 Å². The van der Waals surface area contributed by atoms with Crippen molar-refractivity contribution in [2.75, 3.05) is 6.54 Å². The van der Waals surface area contributed by atoms with Crippen LogP contribution in [0, 0.1) is 5.92 Å². The molecule has 0 bridgehead atoms. The topological polar surface area (TPSA) is 42.2 Å². The molecule has 3 heteroatoms. The highest BCUT2D eigenvalue weighted by molar-refractivity contribution is 5.78. The molecule has 0 unspecified atom stereocenters. The summed E-state index contributed by atoms with van der Waals surface area (Å²) in [4.78, 5) is 11.9. The number of nitrogens with one attached hydrogen (secondary N) is 1. The van der Waals surface area contributed by atoms with Crippen molar-refractivity contribution >= 4 is 5.91 Å². The molecule has 1 amide bonds. The van der Waals surface area contributed by atoms with Gasteiger partial charge in [0.05, 0.1) is 6.26 Å². The van der Waals surface area contributed by atoms with Crippen LogP contribution >= 0.6 is 0 Å². The van der Waals surface area contributed by atoms with Crippen LogP contribution in [0.15, 0.2) is 22.8 Å². The Hall–Kier alpha value is -1.25. The number of rotatable bonds is 4. The van der Waals surface area contributed by atoms with Gasteiger partial charge in [0.25, 0.3) is 0 Å². The van der Waals surface area contributed by atoms with E-state index in [-0.39, 0.29) is 17.2 Å². The minimum Gasteiger partial charge on any atom is -0.469 e. The Balaban J connectivity index is 1.87. The molecule has 0 aliphatic heterocycles. The zero-order valence-corrected chi connectivity index (χ0v) is 10.7. The lowest BCUT2D eigenvalue weighted by molar-refractivity contribution is -0.125. The summed E-state index contributed by atoms with van der Waals surface area (Å²) in [6.45, 7) is 4.80. The highest BCUT2D eigenvalue weighted by Crippen LogP contribution is 2.26. The van der Waals surface area contributed by atoms with Gasteiger partial charge < -0.3 is 9.73 Å². The zero-order valence-electron chi connectivity index (χ0n) is 10.7. The van der Waals surface area contributed by atoms with E-state index in [4.69, 9.17) is 4.42 Å². The molecule has 0 radical (unpaired) electrons. The quantitative estimate of drug-likeness (QED) is 0.872. The van der Waals surface area contributed by atoms with E-state index in [1.807, 2.05) is 12.1 Å². The molecule has 94 valence electrons. The summed E-state index contributed by atoms with van der Waals surface area (Å²) in [5.74, 6) is 1.37. The first kappa shape index (κ1) is 12.2. The highest BCUT2D eigenvalue weighted by atomic mass is 16.3. The minimum atomic E-state index is -0.141. The van der Waals surface area contributed by atoms with Crippen LogP contribution in [0.2, 0.25) is 0 Å². The van der Waals surface area contributed by atoms with Crippen LogP contribution in [0.5, 0.6) is 0 Å². The predicted molar refractivity (Wildman–Crippen MR) is 66.7 cm³/mol. The fraction of sp³-hybridized carbons (Fsp3) is 0.643. The van der Waals surface area contributed by atoms with E-state index < -0.39 is 0 Å². The van der Waals surface area contributed by atoms with E-state index in [1.54, 1.807) is 6.26 Å². The highest BCUT2D eigenvalue weighted by Gasteiger charge is 2.27. The number of furan rings is 1. The number of carbonyl (C=O) groups is 1. The van der Waals surface area contributed by atoms with E-state index in [9.17, 15) is 4.79 Å². The number of amides is 1. The fourth-order valence-corrected chi connectivity index (χ4v) is 2.39. The predicted octanol–water partition coefficient (Wildman–Crippen LogP) is 2.86. The van der Waals surface area contributed by atoms with Gasteiger partial charge in [-0.25, -0.2) is 0 Å². The van der Waals surface area contributed by atoms with Crippen LogP contribution in [-0.4, -0.2) is 12.5 Å². The maximum Gasteiger partial charge on any atom is 0.223 e. The van der Waals surface area contributed by atoms with Crippen LogP contribution in [0.25, 0.3) is 0 Å². The lowest BCUT2D eigenvalue weighted by Gasteiger charge is -2.23. The monoisotopic (exact) mass is 235 g/mol. The summed E-state index contributed by atoms with van der Waals surface area (Å²) < 4.78 is 5.40. The van der Waals surface area contributed by atoms with Gasteiger partial charge in [-0.05, 0) is 25.0 Å². The van der Waals surface area contributed by atoms with Crippen molar-refractivity contribution < 1.29 is 9.21 Å². The molecule has 1 aromatic heterocycles. The average molecular weight is 235 g/mol. The van der Waals surface area contributed by atoms with Crippen molar-refractivity contribution in [1.29, 1.82) is 0 Å². The van der Waals surface area contributed by atoms with Gasteiger partial charge in [-0.3, -0.25) is 4.79 Å². The van der Waals surface area contributed by atoms with E-state index >= 15 is 0 Å². The van der Waals surface area contributed by atoms with Crippen LogP contribution in [-0.2, 0) is 10.2 Å². The lowest BCUT2D eigenvalue weighted by Crippen LogP contribution is -2.39. The second-order valence-corrected chi connectivity index (χ2v) is 5.56. The number of hydrogen-bond acceptors (Lipinski definition) is 2. The first-order valence-corrected chi connectivity index (χ1v) is 6.41. The van der Waals surface area contributed by atoms with E-state index in [1.165, 1.54) is 12.8 Å². The van der Waals surface area contributed by atoms with Gasteiger partial charge in [0.15, 0.2) is 0 Å². The van der Waals surface area contributed by atoms with Crippen LogP contribution < -0.4 is 5.32 Å². The molecule has 1 aliphatic carbocycles. The fourth-order valence-electron chi connectivity index (χ4n) is 2.39. The average Bonchev–Trinajstić information content (AvgIpc) is 2.97. The molecule has 1 heterocycles. The number of hydrogen-bond donors (Lipinski definition) is 1. The molecule has 1 fully saturated rings. The van der Waals surface area contributed by atoms with Crippen molar-refractivity contribution in [3.05, 3.63) is 24.2 Å². The van der Waals surface area contributed by atoms with Crippen LogP contribution in [0.3, 0.4) is 0 Å². The van der Waals surface area contributed by atoms with Gasteiger partial charge in [-0.2, -0.15) is 0 Å². The number of carbonyl (C=O) groups excluding carboxylic acids is 1. The van der Waals surface area contributed by atoms with Crippen molar-refractivity contribution in [1.82, 2.24) is 5.32 Å². The molecule has 3 nitrogen and oxygen atoms in total. The SMILES string of the molecule is CC(C)(CNC(=O)C1CCCC1)c1ccco1. The Morgan fingerprint density at radius 1 is 1.47 bits per heavy atom. The third-order valence-corrected chi connectivity index (χ3v) is 3.62. The van der Waals surface area contributed by atoms with Crippen molar-refractivity contribution in [2.45, 2.75) is 44.9 Å². The molecule has 0 aromatic carbocycles. The molecule has 1 aromatic rings. The molecule has 2 rings (SSSR count). The maximum absolute atomic E-state index is 11.9. The normalized spacial score (nSPS) is 17.3. The molecule has 1 aliphatic rings. The van der Waals surface area contributed by atoms with E-state index in [0.717, 1.165) is 18.6 Å². The Bertz CT molecular complexity index is 362. The van der Waals surface area contributed by atoms with Gasteiger partial charge in [-0.1, -0.05) is 26.7 Å². The molecule has 0 atom stereocenters. The third-order valence-electron chi connectivity index (χ3n) is 3.62. The standard InChI is InChI=1S/C14H21NO2/c1-14(2,12-8-5-9-17-12)10-15-13(16)11-6-3-4-7-11/h5,8-9,11H,3-4,6-7,10H2,1-2H3,(H,15,16). The van der Waals surface area contributed by atoms with E-state index in [0.29, 0.717) is 6.54 Å². The smallest absolute Gasteiger partial charge is 0.223 e. The first-order valence-electron chi connectivity index (χ1n) is 6.41. The largest absolute Gasteiger partial charge is 0.469 e. The Labute approximate surface area is 103 Å². The van der Waals surface area contributed by atoms with Crippen LogP contribution in [0.4, 0.5) is 0 Å². The molecule has 1 N–H and O–H groups in total. The third kappa shape index (κ3) is 2.90. The summed E-state index contributed by atoms with van der Waals surface area (Å²) in [6.07, 6.45) is 6.16. The van der Waals surface area contributed by atoms with Crippen molar-refractivity contribution in [3.63, 3.8) is 0 Å². The molecule has 1 saturated carbocycles. The molecule has 0 spiro atoms. The van der Waals surface area contributed by atoms with Gasteiger partial charge in [-0.15, -0.1) is 0 Å². The van der Waals surface area contributed by atoms with Gasteiger partial charge >= 0.3 is 0 Å². The van der Waals surface area contributed by atoms with Gasteiger partial charge in [0.1, 0.15) is 5.76 Å².